The molecule has 1 aliphatic heterocycles. The summed E-state index contributed by atoms with van der Waals surface area (Å²) in [5, 5.41) is 4.33. The smallest absolute Gasteiger partial charge is 0.266 e. The van der Waals surface area contributed by atoms with Gasteiger partial charge in [-0.3, -0.25) is 14.4 Å². The van der Waals surface area contributed by atoms with E-state index < -0.39 is 0 Å². The summed E-state index contributed by atoms with van der Waals surface area (Å²) in [7, 11) is 0. The van der Waals surface area contributed by atoms with E-state index in [0.717, 1.165) is 12.2 Å². The van der Waals surface area contributed by atoms with Gasteiger partial charge in [0.25, 0.3) is 5.91 Å². The van der Waals surface area contributed by atoms with Crippen LogP contribution in [-0.4, -0.2) is 30.9 Å². The van der Waals surface area contributed by atoms with Crippen LogP contribution in [0.2, 0.25) is 0 Å². The molecule has 1 aromatic heterocycles. The zero-order valence-electron chi connectivity index (χ0n) is 10.6. The normalized spacial score (nSPS) is 18.4. The molecule has 1 saturated heterocycles. The third kappa shape index (κ3) is 2.49. The van der Waals surface area contributed by atoms with Crippen molar-refractivity contribution in [3.05, 3.63) is 22.9 Å². The lowest BCUT2D eigenvalue weighted by molar-refractivity contribution is -0.123. The van der Waals surface area contributed by atoms with Crippen LogP contribution >= 0.6 is 24.0 Å². The zero-order chi connectivity index (χ0) is 13.3. The molecule has 1 fully saturated rings. The number of aromatic nitrogens is 2. The van der Waals surface area contributed by atoms with Crippen molar-refractivity contribution >= 4 is 40.3 Å². The van der Waals surface area contributed by atoms with Gasteiger partial charge in [-0.2, -0.15) is 5.10 Å². The van der Waals surface area contributed by atoms with Gasteiger partial charge in [0.05, 0.1) is 10.6 Å². The van der Waals surface area contributed by atoms with E-state index >= 15 is 0 Å². The minimum absolute atomic E-state index is 0.0222. The van der Waals surface area contributed by atoms with Crippen molar-refractivity contribution < 1.29 is 4.79 Å². The molecule has 4 nitrogen and oxygen atoms in total. The summed E-state index contributed by atoms with van der Waals surface area (Å²) in [6, 6.07) is 1.99. The third-order valence-corrected chi connectivity index (χ3v) is 3.93. The predicted octanol–water partition coefficient (Wildman–Crippen LogP) is 2.51. The Balaban J connectivity index is 2.24. The van der Waals surface area contributed by atoms with E-state index in [1.54, 1.807) is 11.0 Å². The summed E-state index contributed by atoms with van der Waals surface area (Å²) in [5.41, 5.74) is 0.793. The number of aryl methyl sites for hydroxylation is 1. The molecule has 1 amide bonds. The molecule has 2 heterocycles. The van der Waals surface area contributed by atoms with Gasteiger partial charge >= 0.3 is 0 Å². The minimum Gasteiger partial charge on any atom is -0.290 e. The fourth-order valence-corrected chi connectivity index (χ4v) is 3.20. The molecule has 6 heteroatoms. The van der Waals surface area contributed by atoms with E-state index in [1.807, 2.05) is 37.7 Å². The Morgan fingerprint density at radius 1 is 1.56 bits per heavy atom. The van der Waals surface area contributed by atoms with Gasteiger partial charge in [0, 0.05) is 18.8 Å². The topological polar surface area (TPSA) is 38.1 Å². The molecular formula is C12H15N3OS2. The SMILES string of the molecule is CCn1ccc(/C=C2/SC(=S)N(C(C)C)C2=O)n1. The summed E-state index contributed by atoms with van der Waals surface area (Å²) in [6.45, 7) is 6.76. The van der Waals surface area contributed by atoms with E-state index in [9.17, 15) is 4.79 Å². The van der Waals surface area contributed by atoms with E-state index in [0.29, 0.717) is 9.23 Å². The molecule has 1 aliphatic rings. The van der Waals surface area contributed by atoms with Crippen LogP contribution in [0, 0.1) is 0 Å². The Morgan fingerprint density at radius 3 is 2.78 bits per heavy atom. The van der Waals surface area contributed by atoms with Crippen LogP contribution in [0.1, 0.15) is 26.5 Å². The zero-order valence-corrected chi connectivity index (χ0v) is 12.2. The highest BCUT2D eigenvalue weighted by Crippen LogP contribution is 2.33. The Bertz CT molecular complexity index is 519. The average molecular weight is 281 g/mol. The van der Waals surface area contributed by atoms with E-state index in [1.165, 1.54) is 11.8 Å². The summed E-state index contributed by atoms with van der Waals surface area (Å²) < 4.78 is 2.45. The first kappa shape index (κ1) is 13.3. The first-order chi connectivity index (χ1) is 8.52. The van der Waals surface area contributed by atoms with Crippen LogP contribution in [-0.2, 0) is 11.3 Å². The van der Waals surface area contributed by atoms with Gasteiger partial charge in [-0.05, 0) is 32.9 Å². The van der Waals surface area contributed by atoms with Crippen molar-refractivity contribution in [2.24, 2.45) is 0 Å². The average Bonchev–Trinajstić information content (AvgIpc) is 2.85. The molecule has 0 aromatic carbocycles. The fraction of sp³-hybridized carbons (Fsp3) is 0.417. The molecule has 0 N–H and O–H groups in total. The van der Waals surface area contributed by atoms with Crippen LogP contribution in [0.5, 0.6) is 0 Å². The maximum absolute atomic E-state index is 12.2. The number of thiocarbonyl (C=S) groups is 1. The summed E-state index contributed by atoms with van der Waals surface area (Å²) in [5.74, 6) is -0.0222. The largest absolute Gasteiger partial charge is 0.290 e. The molecule has 0 aliphatic carbocycles. The summed E-state index contributed by atoms with van der Waals surface area (Å²) in [4.78, 5) is 14.4. The molecule has 2 rings (SSSR count). The second kappa shape index (κ2) is 5.24. The van der Waals surface area contributed by atoms with E-state index in [4.69, 9.17) is 12.2 Å². The van der Waals surface area contributed by atoms with Crippen LogP contribution in [0.15, 0.2) is 17.2 Å². The van der Waals surface area contributed by atoms with Crippen LogP contribution in [0.3, 0.4) is 0 Å². The number of nitrogens with zero attached hydrogens (tertiary/aromatic N) is 3. The standard InChI is InChI=1S/C12H15N3OS2/c1-4-14-6-5-9(13-14)7-10-11(16)15(8(2)3)12(17)18-10/h5-8H,4H2,1-3H3/b10-7+. The molecule has 0 bridgehead atoms. The van der Waals surface area contributed by atoms with Gasteiger partial charge in [0.15, 0.2) is 0 Å². The second-order valence-corrected chi connectivity index (χ2v) is 5.92. The molecule has 0 atom stereocenters. The van der Waals surface area contributed by atoms with Crippen molar-refractivity contribution in [3.63, 3.8) is 0 Å². The van der Waals surface area contributed by atoms with Crippen LogP contribution in [0.4, 0.5) is 0 Å². The van der Waals surface area contributed by atoms with Crippen molar-refractivity contribution in [2.75, 3.05) is 0 Å². The number of amides is 1. The van der Waals surface area contributed by atoms with Gasteiger partial charge in [0.2, 0.25) is 0 Å². The molecule has 0 radical (unpaired) electrons. The summed E-state index contributed by atoms with van der Waals surface area (Å²) in [6.07, 6.45) is 3.70. The molecule has 0 spiro atoms. The van der Waals surface area contributed by atoms with E-state index in [2.05, 4.69) is 5.10 Å². The Morgan fingerprint density at radius 2 is 2.28 bits per heavy atom. The Kier molecular flexibility index (Phi) is 3.87. The lowest BCUT2D eigenvalue weighted by Gasteiger charge is -2.18. The van der Waals surface area contributed by atoms with Gasteiger partial charge < -0.3 is 0 Å². The van der Waals surface area contributed by atoms with Gasteiger partial charge in [-0.15, -0.1) is 0 Å². The molecule has 18 heavy (non-hydrogen) atoms. The highest BCUT2D eigenvalue weighted by atomic mass is 32.2. The number of carbonyl (C=O) groups is 1. The molecule has 96 valence electrons. The number of thioether (sulfide) groups is 1. The third-order valence-electron chi connectivity index (χ3n) is 2.60. The first-order valence-corrected chi connectivity index (χ1v) is 7.06. The molecular weight excluding hydrogens is 266 g/mol. The lowest BCUT2D eigenvalue weighted by Crippen LogP contribution is -2.34. The van der Waals surface area contributed by atoms with Crippen LogP contribution in [0.25, 0.3) is 6.08 Å². The Hall–Kier alpha value is -1.14. The fourth-order valence-electron chi connectivity index (χ4n) is 1.69. The minimum atomic E-state index is -0.0222. The highest BCUT2D eigenvalue weighted by molar-refractivity contribution is 8.26. The number of rotatable bonds is 3. The van der Waals surface area contributed by atoms with E-state index in [-0.39, 0.29) is 11.9 Å². The quantitative estimate of drug-likeness (QED) is 0.630. The molecule has 1 aromatic rings. The van der Waals surface area contributed by atoms with Crippen molar-refractivity contribution in [1.82, 2.24) is 14.7 Å². The van der Waals surface area contributed by atoms with Gasteiger partial charge in [-0.25, -0.2) is 0 Å². The number of hydrogen-bond acceptors (Lipinski definition) is 4. The summed E-state index contributed by atoms with van der Waals surface area (Å²) >= 11 is 6.56. The van der Waals surface area contributed by atoms with Crippen molar-refractivity contribution in [2.45, 2.75) is 33.4 Å². The van der Waals surface area contributed by atoms with Gasteiger partial charge in [0.1, 0.15) is 4.32 Å². The van der Waals surface area contributed by atoms with Crippen LogP contribution < -0.4 is 0 Å². The molecule has 0 unspecified atom stereocenters. The lowest BCUT2D eigenvalue weighted by atomic mass is 10.3. The van der Waals surface area contributed by atoms with Gasteiger partial charge in [-0.1, -0.05) is 24.0 Å². The monoisotopic (exact) mass is 281 g/mol. The number of carbonyl (C=O) groups excluding carboxylic acids is 1. The second-order valence-electron chi connectivity index (χ2n) is 4.24. The highest BCUT2D eigenvalue weighted by Gasteiger charge is 2.33. The molecule has 0 saturated carbocycles. The number of hydrogen-bond donors (Lipinski definition) is 0. The predicted molar refractivity (Wildman–Crippen MR) is 78.0 cm³/mol. The maximum atomic E-state index is 12.2. The van der Waals surface area contributed by atoms with Crippen molar-refractivity contribution in [1.29, 1.82) is 0 Å². The Labute approximate surface area is 116 Å². The maximum Gasteiger partial charge on any atom is 0.266 e. The van der Waals surface area contributed by atoms with Crippen molar-refractivity contribution in [3.8, 4) is 0 Å². The first-order valence-electron chi connectivity index (χ1n) is 5.83.